The van der Waals surface area contributed by atoms with E-state index in [1.54, 1.807) is 6.08 Å². The maximum absolute atomic E-state index is 11.9. The Kier molecular flexibility index (Phi) is 4.86. The van der Waals surface area contributed by atoms with Gasteiger partial charge in [0.05, 0.1) is 9.79 Å². The van der Waals surface area contributed by atoms with Crippen molar-refractivity contribution in [1.82, 2.24) is 4.72 Å². The van der Waals surface area contributed by atoms with E-state index in [9.17, 15) is 16.8 Å². The van der Waals surface area contributed by atoms with Crippen LogP contribution in [-0.4, -0.2) is 23.4 Å². The summed E-state index contributed by atoms with van der Waals surface area (Å²) in [4.78, 5) is -0.141. The summed E-state index contributed by atoms with van der Waals surface area (Å²) in [6, 6.07) is 4.71. The molecule has 106 valence electrons. The largest absolute Gasteiger partial charge is 0.240 e. The Bertz CT molecular complexity index is 670. The number of sulfonamides is 2. The molecule has 0 aliphatic rings. The Morgan fingerprint density at radius 1 is 1.11 bits per heavy atom. The number of nitrogens with two attached hydrogens (primary N) is 1. The second-order valence-electron chi connectivity index (χ2n) is 4.15. The lowest BCUT2D eigenvalue weighted by atomic mass is 10.3. The van der Waals surface area contributed by atoms with Crippen molar-refractivity contribution >= 4 is 20.0 Å². The minimum absolute atomic E-state index is 0.0120. The fourth-order valence-electron chi connectivity index (χ4n) is 1.25. The fraction of sp³-hybridized carbons (Fsp3) is 0.273. The SMILES string of the molecule is CC(C)=CCNS(=O)(=O)c1ccc(S(N)(=O)=O)cc1. The molecular weight excluding hydrogens is 288 g/mol. The van der Waals surface area contributed by atoms with Crippen molar-refractivity contribution in [3.05, 3.63) is 35.9 Å². The van der Waals surface area contributed by atoms with Gasteiger partial charge in [0, 0.05) is 6.54 Å². The Morgan fingerprint density at radius 2 is 1.58 bits per heavy atom. The van der Waals surface area contributed by atoms with Gasteiger partial charge in [-0.15, -0.1) is 0 Å². The maximum atomic E-state index is 11.9. The third-order valence-electron chi connectivity index (χ3n) is 2.25. The van der Waals surface area contributed by atoms with E-state index >= 15 is 0 Å². The van der Waals surface area contributed by atoms with Crippen LogP contribution in [0.25, 0.3) is 0 Å². The molecule has 0 aliphatic carbocycles. The molecule has 6 nitrogen and oxygen atoms in total. The van der Waals surface area contributed by atoms with Crippen LogP contribution in [0, 0.1) is 0 Å². The van der Waals surface area contributed by atoms with E-state index in [2.05, 4.69) is 4.72 Å². The number of nitrogens with one attached hydrogen (secondary N) is 1. The third kappa shape index (κ3) is 4.75. The molecule has 19 heavy (non-hydrogen) atoms. The predicted molar refractivity (Wildman–Crippen MR) is 72.4 cm³/mol. The summed E-state index contributed by atoms with van der Waals surface area (Å²) in [7, 11) is -7.47. The third-order valence-corrected chi connectivity index (χ3v) is 4.61. The Hall–Kier alpha value is -1.22. The average molecular weight is 304 g/mol. The lowest BCUT2D eigenvalue weighted by molar-refractivity contribution is 0.584. The first kappa shape index (κ1) is 15.8. The van der Waals surface area contributed by atoms with E-state index in [0.717, 1.165) is 17.7 Å². The molecule has 0 fully saturated rings. The highest BCUT2D eigenvalue weighted by atomic mass is 32.2. The molecule has 0 aliphatic heterocycles. The highest BCUT2D eigenvalue weighted by molar-refractivity contribution is 7.89. The number of benzene rings is 1. The van der Waals surface area contributed by atoms with Gasteiger partial charge in [-0.2, -0.15) is 0 Å². The number of allylic oxidation sites excluding steroid dienone is 1. The summed E-state index contributed by atoms with van der Waals surface area (Å²) in [6.07, 6.45) is 1.73. The highest BCUT2D eigenvalue weighted by Crippen LogP contribution is 2.13. The molecule has 0 saturated carbocycles. The second kappa shape index (κ2) is 5.83. The smallest absolute Gasteiger partial charge is 0.225 e. The standard InChI is InChI=1S/C11H16N2O4S2/c1-9(2)7-8-13-19(16,17)11-5-3-10(4-6-11)18(12,14)15/h3-7,13H,8H2,1-2H3,(H2,12,14,15). The quantitative estimate of drug-likeness (QED) is 0.776. The van der Waals surface area contributed by atoms with Crippen molar-refractivity contribution in [2.75, 3.05) is 6.54 Å². The Labute approximate surface area is 113 Å². The van der Waals surface area contributed by atoms with Gasteiger partial charge in [0.15, 0.2) is 0 Å². The van der Waals surface area contributed by atoms with E-state index in [0.29, 0.717) is 0 Å². The molecule has 0 saturated heterocycles. The zero-order valence-electron chi connectivity index (χ0n) is 10.6. The summed E-state index contributed by atoms with van der Waals surface area (Å²) in [5.74, 6) is 0. The van der Waals surface area contributed by atoms with Crippen molar-refractivity contribution in [3.63, 3.8) is 0 Å². The number of hydrogen-bond acceptors (Lipinski definition) is 4. The van der Waals surface area contributed by atoms with E-state index in [4.69, 9.17) is 5.14 Å². The lowest BCUT2D eigenvalue weighted by Gasteiger charge is -2.05. The van der Waals surface area contributed by atoms with Crippen LogP contribution < -0.4 is 9.86 Å². The van der Waals surface area contributed by atoms with Crippen LogP contribution in [0.3, 0.4) is 0 Å². The summed E-state index contributed by atoms with van der Waals surface area (Å²) < 4.78 is 48.2. The summed E-state index contributed by atoms with van der Waals surface area (Å²) in [6.45, 7) is 3.89. The van der Waals surface area contributed by atoms with Gasteiger partial charge >= 0.3 is 0 Å². The molecule has 3 N–H and O–H groups in total. The first-order chi connectivity index (χ1) is 8.63. The molecule has 0 bridgehead atoms. The number of primary sulfonamides is 1. The number of hydrogen-bond donors (Lipinski definition) is 2. The van der Waals surface area contributed by atoms with E-state index < -0.39 is 20.0 Å². The molecule has 8 heteroatoms. The minimum atomic E-state index is -3.82. The first-order valence-electron chi connectivity index (χ1n) is 5.39. The molecule has 1 rings (SSSR count). The summed E-state index contributed by atoms with van der Waals surface area (Å²) in [5, 5.41) is 4.93. The zero-order chi connectivity index (χ0) is 14.7. The molecule has 0 radical (unpaired) electrons. The average Bonchev–Trinajstić information content (AvgIpc) is 2.27. The van der Waals surface area contributed by atoms with Crippen LogP contribution >= 0.6 is 0 Å². The van der Waals surface area contributed by atoms with Crippen LogP contribution in [0.5, 0.6) is 0 Å². The van der Waals surface area contributed by atoms with Crippen LogP contribution in [0.15, 0.2) is 45.7 Å². The van der Waals surface area contributed by atoms with Crippen LogP contribution in [0.4, 0.5) is 0 Å². The molecule has 1 aromatic rings. The molecule has 1 aromatic carbocycles. The molecule has 0 heterocycles. The normalized spacial score (nSPS) is 12.2. The van der Waals surface area contributed by atoms with Crippen molar-refractivity contribution in [3.8, 4) is 0 Å². The van der Waals surface area contributed by atoms with Crippen molar-refractivity contribution < 1.29 is 16.8 Å². The zero-order valence-corrected chi connectivity index (χ0v) is 12.3. The first-order valence-corrected chi connectivity index (χ1v) is 8.42. The molecule has 0 aromatic heterocycles. The van der Waals surface area contributed by atoms with Gasteiger partial charge in [-0.05, 0) is 38.1 Å². The van der Waals surface area contributed by atoms with Crippen LogP contribution in [-0.2, 0) is 20.0 Å². The lowest BCUT2D eigenvalue weighted by Crippen LogP contribution is -2.24. The number of rotatable bonds is 5. The second-order valence-corrected chi connectivity index (χ2v) is 7.48. The van der Waals surface area contributed by atoms with E-state index in [1.807, 2.05) is 13.8 Å². The minimum Gasteiger partial charge on any atom is -0.225 e. The van der Waals surface area contributed by atoms with Crippen molar-refractivity contribution in [2.45, 2.75) is 23.6 Å². The topological polar surface area (TPSA) is 106 Å². The van der Waals surface area contributed by atoms with Crippen LogP contribution in [0.2, 0.25) is 0 Å². The van der Waals surface area contributed by atoms with Gasteiger partial charge in [0.25, 0.3) is 0 Å². The molecule has 0 atom stereocenters. The van der Waals surface area contributed by atoms with Crippen molar-refractivity contribution in [1.29, 1.82) is 0 Å². The Balaban J connectivity index is 2.94. The fourth-order valence-corrected chi connectivity index (χ4v) is 2.73. The molecule has 0 unspecified atom stereocenters. The van der Waals surface area contributed by atoms with Crippen molar-refractivity contribution in [2.24, 2.45) is 5.14 Å². The van der Waals surface area contributed by atoms with Gasteiger partial charge in [0.1, 0.15) is 0 Å². The Morgan fingerprint density at radius 3 is 2.00 bits per heavy atom. The van der Waals surface area contributed by atoms with Gasteiger partial charge in [0.2, 0.25) is 20.0 Å². The van der Waals surface area contributed by atoms with Gasteiger partial charge < -0.3 is 0 Å². The predicted octanol–water partition coefficient (Wildman–Crippen LogP) is 0.579. The molecule has 0 spiro atoms. The van der Waals surface area contributed by atoms with Gasteiger partial charge in [-0.25, -0.2) is 26.7 Å². The van der Waals surface area contributed by atoms with Crippen LogP contribution in [0.1, 0.15) is 13.8 Å². The molecular formula is C11H16N2O4S2. The van der Waals surface area contributed by atoms with Gasteiger partial charge in [-0.1, -0.05) is 11.6 Å². The van der Waals surface area contributed by atoms with E-state index in [-0.39, 0.29) is 16.3 Å². The summed E-state index contributed by atoms with van der Waals surface area (Å²) >= 11 is 0. The van der Waals surface area contributed by atoms with Gasteiger partial charge in [-0.3, -0.25) is 0 Å². The molecule has 0 amide bonds. The highest BCUT2D eigenvalue weighted by Gasteiger charge is 2.14. The monoisotopic (exact) mass is 304 g/mol. The maximum Gasteiger partial charge on any atom is 0.240 e. The summed E-state index contributed by atoms with van der Waals surface area (Å²) in [5.41, 5.74) is 0.993. The van der Waals surface area contributed by atoms with E-state index in [1.165, 1.54) is 12.1 Å².